The Balaban J connectivity index is 4.25. The first-order valence-electron chi connectivity index (χ1n) is 29.2. The van der Waals surface area contributed by atoms with Crippen LogP contribution in [0.3, 0.4) is 0 Å². The van der Waals surface area contributed by atoms with Crippen molar-refractivity contribution in [2.45, 2.75) is 336 Å². The fraction of sp³-hybridized carbons (Fsp3) is 0.949. The minimum atomic E-state index is -0.763. The molecule has 0 saturated heterocycles. The van der Waals surface area contributed by atoms with Crippen LogP contribution in [0.2, 0.25) is 0 Å². The van der Waals surface area contributed by atoms with E-state index in [1.807, 2.05) is 0 Å². The Morgan fingerprint density at radius 2 is 0.508 bits per heavy atom. The van der Waals surface area contributed by atoms with Gasteiger partial charge in [-0.3, -0.25) is 14.4 Å². The molecule has 0 aromatic rings. The molecule has 0 aromatic heterocycles. The lowest BCUT2D eigenvalue weighted by Crippen LogP contribution is -2.30. The third-order valence-electron chi connectivity index (χ3n) is 13.5. The fourth-order valence-electron chi connectivity index (χ4n) is 9.05. The maximum Gasteiger partial charge on any atom is 0.306 e. The van der Waals surface area contributed by atoms with Crippen molar-refractivity contribution in [1.82, 2.24) is 0 Å². The zero-order valence-electron chi connectivity index (χ0n) is 44.6. The van der Waals surface area contributed by atoms with Crippen LogP contribution in [0.4, 0.5) is 0 Å². The Bertz CT molecular complexity index is 993. The third kappa shape index (κ3) is 53.2. The zero-order valence-corrected chi connectivity index (χ0v) is 44.6. The number of hydrogen-bond acceptors (Lipinski definition) is 6. The van der Waals surface area contributed by atoms with Gasteiger partial charge in [0.05, 0.1) is 0 Å². The maximum absolute atomic E-state index is 12.9. The molecule has 0 radical (unpaired) electrons. The maximum atomic E-state index is 12.9. The Kier molecular flexibility index (Phi) is 50.5. The predicted octanol–water partition coefficient (Wildman–Crippen LogP) is 19.3. The van der Waals surface area contributed by atoms with Crippen molar-refractivity contribution in [1.29, 1.82) is 0 Å². The molecule has 6 nitrogen and oxygen atoms in total. The predicted molar refractivity (Wildman–Crippen MR) is 280 cm³/mol. The first kappa shape index (κ1) is 63.4. The van der Waals surface area contributed by atoms with Crippen LogP contribution < -0.4 is 0 Å². The Morgan fingerprint density at radius 3 is 0.754 bits per heavy atom. The van der Waals surface area contributed by atoms with Crippen LogP contribution in [0.25, 0.3) is 0 Å². The van der Waals surface area contributed by atoms with Gasteiger partial charge < -0.3 is 14.2 Å². The molecule has 0 aromatic carbocycles. The van der Waals surface area contributed by atoms with Crippen molar-refractivity contribution < 1.29 is 28.6 Å². The molecule has 0 aliphatic carbocycles. The molecule has 386 valence electrons. The Hall–Kier alpha value is -1.59. The zero-order chi connectivity index (χ0) is 47.5. The van der Waals surface area contributed by atoms with Gasteiger partial charge in [0.15, 0.2) is 6.10 Å². The van der Waals surface area contributed by atoms with E-state index in [1.54, 1.807) is 0 Å². The van der Waals surface area contributed by atoms with E-state index in [0.29, 0.717) is 19.3 Å². The third-order valence-corrected chi connectivity index (χ3v) is 13.5. The summed E-state index contributed by atoms with van der Waals surface area (Å²) in [5.74, 6) is 0.800. The van der Waals surface area contributed by atoms with Crippen molar-refractivity contribution in [3.63, 3.8) is 0 Å². The molecule has 0 spiro atoms. The van der Waals surface area contributed by atoms with E-state index < -0.39 is 6.10 Å². The Labute approximate surface area is 406 Å². The molecule has 0 amide bonds. The number of carbonyl (C=O) groups is 3. The summed E-state index contributed by atoms with van der Waals surface area (Å²) in [7, 11) is 0. The van der Waals surface area contributed by atoms with Crippen molar-refractivity contribution in [3.8, 4) is 0 Å². The summed E-state index contributed by atoms with van der Waals surface area (Å²) in [6, 6.07) is 0. The molecule has 0 aliphatic heterocycles. The van der Waals surface area contributed by atoms with Crippen molar-refractivity contribution in [2.24, 2.45) is 11.8 Å². The van der Waals surface area contributed by atoms with Gasteiger partial charge in [0, 0.05) is 19.3 Å². The SMILES string of the molecule is CCCCCCCCCCCCCCCCCCCCCC(=O)O[C@H](COC(=O)CCCCCCCCCCCCCCCCC(C)C)COC(=O)CCCCCCCCCCC(C)C. The molecule has 0 bridgehead atoms. The van der Waals surface area contributed by atoms with Crippen LogP contribution in [0, 0.1) is 11.8 Å². The lowest BCUT2D eigenvalue weighted by atomic mass is 10.0. The highest BCUT2D eigenvalue weighted by Crippen LogP contribution is 2.18. The molecule has 0 aliphatic rings. The Morgan fingerprint density at radius 1 is 0.292 bits per heavy atom. The second-order valence-electron chi connectivity index (χ2n) is 21.2. The van der Waals surface area contributed by atoms with Gasteiger partial charge in [-0.05, 0) is 31.1 Å². The quantitative estimate of drug-likeness (QED) is 0.0344. The molecule has 1 atom stereocenters. The van der Waals surface area contributed by atoms with Crippen LogP contribution in [0.1, 0.15) is 330 Å². The van der Waals surface area contributed by atoms with Gasteiger partial charge in [0.1, 0.15) is 13.2 Å². The van der Waals surface area contributed by atoms with Crippen LogP contribution in [-0.2, 0) is 28.6 Å². The van der Waals surface area contributed by atoms with Crippen molar-refractivity contribution >= 4 is 17.9 Å². The molecule has 0 fully saturated rings. The second-order valence-corrected chi connectivity index (χ2v) is 21.2. The van der Waals surface area contributed by atoms with Gasteiger partial charge in [0.2, 0.25) is 0 Å². The molecule has 0 N–H and O–H groups in total. The average molecular weight is 920 g/mol. The first-order chi connectivity index (χ1) is 31.7. The van der Waals surface area contributed by atoms with Crippen LogP contribution >= 0.6 is 0 Å². The number of ether oxygens (including phenoxy) is 3. The minimum absolute atomic E-state index is 0.0631. The van der Waals surface area contributed by atoms with Gasteiger partial charge in [-0.15, -0.1) is 0 Å². The fourth-order valence-corrected chi connectivity index (χ4v) is 9.05. The van der Waals surface area contributed by atoms with Gasteiger partial charge in [-0.25, -0.2) is 0 Å². The van der Waals surface area contributed by atoms with Crippen LogP contribution in [0.5, 0.6) is 0 Å². The molecule has 0 unspecified atom stereocenters. The molecule has 65 heavy (non-hydrogen) atoms. The van der Waals surface area contributed by atoms with Gasteiger partial charge >= 0.3 is 17.9 Å². The molecule has 6 heteroatoms. The topological polar surface area (TPSA) is 78.9 Å². The second kappa shape index (κ2) is 51.8. The highest BCUT2D eigenvalue weighted by Gasteiger charge is 2.19. The lowest BCUT2D eigenvalue weighted by Gasteiger charge is -2.18. The summed E-state index contributed by atoms with van der Waals surface area (Å²) in [5, 5.41) is 0. The molecular weight excluding hydrogens is 805 g/mol. The minimum Gasteiger partial charge on any atom is -0.462 e. The largest absolute Gasteiger partial charge is 0.462 e. The summed E-state index contributed by atoms with van der Waals surface area (Å²) < 4.78 is 16.9. The number of rotatable bonds is 53. The van der Waals surface area contributed by atoms with E-state index in [0.717, 1.165) is 69.6 Å². The average Bonchev–Trinajstić information content (AvgIpc) is 3.28. The van der Waals surface area contributed by atoms with Crippen LogP contribution in [0.15, 0.2) is 0 Å². The first-order valence-corrected chi connectivity index (χ1v) is 29.2. The number of carbonyl (C=O) groups excluding carboxylic acids is 3. The van der Waals surface area contributed by atoms with Crippen LogP contribution in [-0.4, -0.2) is 37.2 Å². The van der Waals surface area contributed by atoms with Gasteiger partial charge in [0.25, 0.3) is 0 Å². The van der Waals surface area contributed by atoms with E-state index in [9.17, 15) is 14.4 Å². The highest BCUT2D eigenvalue weighted by molar-refractivity contribution is 5.71. The smallest absolute Gasteiger partial charge is 0.306 e. The summed E-state index contributed by atoms with van der Waals surface area (Å²) in [5.41, 5.74) is 0. The summed E-state index contributed by atoms with van der Waals surface area (Å²) >= 11 is 0. The van der Waals surface area contributed by atoms with E-state index >= 15 is 0 Å². The number of hydrogen-bond donors (Lipinski definition) is 0. The van der Waals surface area contributed by atoms with E-state index in [4.69, 9.17) is 14.2 Å². The molecule has 0 heterocycles. The molecule has 0 rings (SSSR count). The molecular formula is C59H114O6. The van der Waals surface area contributed by atoms with Crippen molar-refractivity contribution in [2.75, 3.05) is 13.2 Å². The van der Waals surface area contributed by atoms with E-state index in [1.165, 1.54) is 218 Å². The standard InChI is InChI=1S/C59H114O6/c1-6-7-8-9-10-11-12-13-14-15-16-17-18-23-26-29-36-41-46-51-59(62)65-56(53-64-58(61)50-45-40-35-31-30-33-38-43-48-55(4)5)52-63-57(60)49-44-39-34-28-25-22-20-19-21-24-27-32-37-42-47-54(2)3/h54-56H,6-53H2,1-5H3/t56-/m1/s1. The highest BCUT2D eigenvalue weighted by atomic mass is 16.6. The summed E-state index contributed by atoms with van der Waals surface area (Å²) in [6.07, 6.45) is 55.3. The van der Waals surface area contributed by atoms with Gasteiger partial charge in [-0.1, -0.05) is 291 Å². The molecule has 0 saturated carbocycles. The van der Waals surface area contributed by atoms with Gasteiger partial charge in [-0.2, -0.15) is 0 Å². The number of unbranched alkanes of at least 4 members (excludes halogenated alkanes) is 38. The summed E-state index contributed by atoms with van der Waals surface area (Å²) in [4.78, 5) is 38.1. The lowest BCUT2D eigenvalue weighted by molar-refractivity contribution is -0.167. The normalized spacial score (nSPS) is 12.0. The van der Waals surface area contributed by atoms with E-state index in [2.05, 4.69) is 34.6 Å². The number of esters is 3. The summed E-state index contributed by atoms with van der Waals surface area (Å²) in [6.45, 7) is 11.4. The monoisotopic (exact) mass is 919 g/mol. The van der Waals surface area contributed by atoms with E-state index in [-0.39, 0.29) is 31.1 Å². The van der Waals surface area contributed by atoms with Crippen molar-refractivity contribution in [3.05, 3.63) is 0 Å².